The molecule has 0 saturated carbocycles. The highest BCUT2D eigenvalue weighted by Crippen LogP contribution is 2.12. The predicted molar refractivity (Wildman–Crippen MR) is 82.9 cm³/mol. The van der Waals surface area contributed by atoms with E-state index < -0.39 is 6.10 Å². The number of benzene rings is 1. The zero-order chi connectivity index (χ0) is 14.8. The lowest BCUT2D eigenvalue weighted by molar-refractivity contribution is 0.105. The van der Waals surface area contributed by atoms with E-state index in [1.807, 2.05) is 24.3 Å². The van der Waals surface area contributed by atoms with Crippen LogP contribution < -0.4 is 10.1 Å². The van der Waals surface area contributed by atoms with Crippen LogP contribution in [0.2, 0.25) is 0 Å². The van der Waals surface area contributed by atoms with Gasteiger partial charge < -0.3 is 15.2 Å². The van der Waals surface area contributed by atoms with Gasteiger partial charge in [0.1, 0.15) is 18.5 Å². The second kappa shape index (κ2) is 9.41. The molecule has 0 aliphatic carbocycles. The second-order valence-electron chi connectivity index (χ2n) is 4.88. The molecule has 2 N–H and O–H groups in total. The Bertz CT molecular complexity index is 408. The number of terminal acetylenes is 1. The number of aliphatic hydroxyl groups is 1. The minimum Gasteiger partial charge on any atom is -0.491 e. The van der Waals surface area contributed by atoms with Crippen LogP contribution in [0.3, 0.4) is 0 Å². The summed E-state index contributed by atoms with van der Waals surface area (Å²) < 4.78 is 5.55. The molecule has 110 valence electrons. The Morgan fingerprint density at radius 3 is 2.55 bits per heavy atom. The summed E-state index contributed by atoms with van der Waals surface area (Å²) in [6.07, 6.45) is 7.81. The van der Waals surface area contributed by atoms with Crippen molar-refractivity contribution in [1.29, 1.82) is 0 Å². The molecule has 3 heteroatoms. The molecule has 0 bridgehead atoms. The van der Waals surface area contributed by atoms with E-state index in [9.17, 15) is 5.11 Å². The molecule has 0 radical (unpaired) electrons. The number of hydrogen-bond acceptors (Lipinski definition) is 3. The first-order valence-corrected chi connectivity index (χ1v) is 7.28. The van der Waals surface area contributed by atoms with E-state index in [-0.39, 0.29) is 12.6 Å². The van der Waals surface area contributed by atoms with Crippen LogP contribution in [-0.4, -0.2) is 30.4 Å². The summed E-state index contributed by atoms with van der Waals surface area (Å²) in [6, 6.07) is 7.96. The van der Waals surface area contributed by atoms with Crippen molar-refractivity contribution in [3.05, 3.63) is 29.8 Å². The first-order valence-electron chi connectivity index (χ1n) is 7.28. The topological polar surface area (TPSA) is 41.5 Å². The SMILES string of the molecule is C#CC(CCC)NCC(O)COc1ccc(CC)cc1. The Morgan fingerprint density at radius 2 is 2.00 bits per heavy atom. The van der Waals surface area contributed by atoms with Gasteiger partial charge in [-0.1, -0.05) is 38.3 Å². The fourth-order valence-electron chi connectivity index (χ4n) is 1.88. The molecular weight excluding hydrogens is 250 g/mol. The molecule has 0 saturated heterocycles. The van der Waals surface area contributed by atoms with E-state index in [0.29, 0.717) is 6.54 Å². The molecule has 0 aliphatic rings. The Labute approximate surface area is 122 Å². The zero-order valence-corrected chi connectivity index (χ0v) is 12.4. The third-order valence-corrected chi connectivity index (χ3v) is 3.15. The molecule has 2 atom stereocenters. The van der Waals surface area contributed by atoms with Gasteiger partial charge in [-0.25, -0.2) is 0 Å². The van der Waals surface area contributed by atoms with Gasteiger partial charge in [0.25, 0.3) is 0 Å². The molecule has 2 unspecified atom stereocenters. The van der Waals surface area contributed by atoms with Crippen molar-refractivity contribution < 1.29 is 9.84 Å². The standard InChI is InChI=1S/C17H25NO2/c1-4-7-15(6-3)18-12-16(19)13-20-17-10-8-14(5-2)9-11-17/h3,8-11,15-16,18-19H,4-5,7,12-13H2,1-2H3. The molecule has 0 heterocycles. The van der Waals surface area contributed by atoms with E-state index in [1.165, 1.54) is 5.56 Å². The van der Waals surface area contributed by atoms with Crippen molar-refractivity contribution in [2.45, 2.75) is 45.3 Å². The van der Waals surface area contributed by atoms with Gasteiger partial charge in [-0.2, -0.15) is 0 Å². The molecule has 0 aromatic heterocycles. The zero-order valence-electron chi connectivity index (χ0n) is 12.4. The summed E-state index contributed by atoms with van der Waals surface area (Å²) in [5.41, 5.74) is 1.27. The van der Waals surface area contributed by atoms with Crippen LogP contribution in [0.25, 0.3) is 0 Å². The molecular formula is C17H25NO2. The van der Waals surface area contributed by atoms with Gasteiger partial charge in [0, 0.05) is 6.54 Å². The Kier molecular flexibility index (Phi) is 7.79. The van der Waals surface area contributed by atoms with Crippen molar-refractivity contribution in [3.8, 4) is 18.1 Å². The minimum absolute atomic E-state index is 0.0264. The average Bonchev–Trinajstić information content (AvgIpc) is 2.49. The summed E-state index contributed by atoms with van der Waals surface area (Å²) in [5, 5.41) is 13.0. The van der Waals surface area contributed by atoms with Gasteiger partial charge in [0.15, 0.2) is 0 Å². The maximum atomic E-state index is 9.87. The molecule has 0 spiro atoms. The first kappa shape index (κ1) is 16.6. The molecule has 3 nitrogen and oxygen atoms in total. The lowest BCUT2D eigenvalue weighted by Crippen LogP contribution is -2.37. The van der Waals surface area contributed by atoms with E-state index in [2.05, 4.69) is 25.1 Å². The van der Waals surface area contributed by atoms with Crippen LogP contribution in [0.15, 0.2) is 24.3 Å². The number of rotatable bonds is 9. The number of hydrogen-bond donors (Lipinski definition) is 2. The van der Waals surface area contributed by atoms with Crippen LogP contribution in [0, 0.1) is 12.3 Å². The van der Waals surface area contributed by atoms with Crippen LogP contribution >= 0.6 is 0 Å². The third-order valence-electron chi connectivity index (χ3n) is 3.15. The summed E-state index contributed by atoms with van der Waals surface area (Å²) in [6.45, 7) is 4.92. The van der Waals surface area contributed by atoms with Crippen LogP contribution in [0.4, 0.5) is 0 Å². The molecule has 0 aliphatic heterocycles. The van der Waals surface area contributed by atoms with Gasteiger partial charge in [-0.05, 0) is 30.5 Å². The Morgan fingerprint density at radius 1 is 1.30 bits per heavy atom. The van der Waals surface area contributed by atoms with E-state index in [0.717, 1.165) is 25.0 Å². The predicted octanol–water partition coefficient (Wildman–Crippen LogP) is 2.38. The van der Waals surface area contributed by atoms with Crippen molar-refractivity contribution in [3.63, 3.8) is 0 Å². The fraction of sp³-hybridized carbons (Fsp3) is 0.529. The lowest BCUT2D eigenvalue weighted by Gasteiger charge is -2.16. The Hall–Kier alpha value is -1.50. The summed E-state index contributed by atoms with van der Waals surface area (Å²) in [4.78, 5) is 0. The monoisotopic (exact) mass is 275 g/mol. The van der Waals surface area contributed by atoms with E-state index in [1.54, 1.807) is 0 Å². The van der Waals surface area contributed by atoms with Gasteiger partial charge in [-0.15, -0.1) is 6.42 Å². The van der Waals surface area contributed by atoms with Crippen molar-refractivity contribution in [2.24, 2.45) is 0 Å². The van der Waals surface area contributed by atoms with E-state index in [4.69, 9.17) is 11.2 Å². The first-order chi connectivity index (χ1) is 9.69. The fourth-order valence-corrected chi connectivity index (χ4v) is 1.88. The van der Waals surface area contributed by atoms with E-state index >= 15 is 0 Å². The van der Waals surface area contributed by atoms with Crippen molar-refractivity contribution in [2.75, 3.05) is 13.2 Å². The lowest BCUT2D eigenvalue weighted by atomic mass is 10.1. The molecule has 1 aromatic rings. The highest BCUT2D eigenvalue weighted by molar-refractivity contribution is 5.27. The average molecular weight is 275 g/mol. The van der Waals surface area contributed by atoms with Gasteiger partial charge in [0.05, 0.1) is 6.04 Å². The summed E-state index contributed by atoms with van der Waals surface area (Å²) in [7, 11) is 0. The quantitative estimate of drug-likeness (QED) is 0.680. The normalized spacial score (nSPS) is 13.5. The molecule has 0 fully saturated rings. The number of aryl methyl sites for hydroxylation is 1. The smallest absolute Gasteiger partial charge is 0.119 e. The number of ether oxygens (including phenoxy) is 1. The van der Waals surface area contributed by atoms with Crippen molar-refractivity contribution in [1.82, 2.24) is 5.32 Å². The second-order valence-corrected chi connectivity index (χ2v) is 4.88. The largest absolute Gasteiger partial charge is 0.491 e. The Balaban J connectivity index is 2.28. The van der Waals surface area contributed by atoms with Crippen LogP contribution in [-0.2, 0) is 6.42 Å². The number of nitrogens with one attached hydrogen (secondary N) is 1. The molecule has 1 aromatic carbocycles. The maximum Gasteiger partial charge on any atom is 0.119 e. The van der Waals surface area contributed by atoms with Crippen LogP contribution in [0.1, 0.15) is 32.3 Å². The van der Waals surface area contributed by atoms with Crippen LogP contribution in [0.5, 0.6) is 5.75 Å². The minimum atomic E-state index is -0.562. The van der Waals surface area contributed by atoms with Gasteiger partial charge in [-0.3, -0.25) is 0 Å². The summed E-state index contributed by atoms with van der Waals surface area (Å²) in [5.74, 6) is 3.46. The highest BCUT2D eigenvalue weighted by atomic mass is 16.5. The molecule has 20 heavy (non-hydrogen) atoms. The van der Waals surface area contributed by atoms with Gasteiger partial charge >= 0.3 is 0 Å². The van der Waals surface area contributed by atoms with Gasteiger partial charge in [0.2, 0.25) is 0 Å². The summed E-state index contributed by atoms with van der Waals surface area (Å²) >= 11 is 0. The third kappa shape index (κ3) is 6.10. The highest BCUT2D eigenvalue weighted by Gasteiger charge is 2.08. The molecule has 0 amide bonds. The van der Waals surface area contributed by atoms with Crippen molar-refractivity contribution >= 4 is 0 Å². The maximum absolute atomic E-state index is 9.87. The number of aliphatic hydroxyl groups excluding tert-OH is 1. The molecule has 1 rings (SSSR count).